The highest BCUT2D eigenvalue weighted by Gasteiger charge is 2.38. The van der Waals surface area contributed by atoms with Crippen LogP contribution in [-0.4, -0.2) is 23.9 Å². The molecule has 4 heteroatoms. The first kappa shape index (κ1) is 12.7. The Hall–Kier alpha value is -1.29. The smallest absolute Gasteiger partial charge is 0.222 e. The topological polar surface area (TPSA) is 59.5 Å². The molecule has 2 heterocycles. The zero-order valence-electron chi connectivity index (χ0n) is 11.6. The molecule has 2 N–H and O–H groups in total. The third-order valence-corrected chi connectivity index (χ3v) is 4.56. The van der Waals surface area contributed by atoms with Gasteiger partial charge in [-0.05, 0) is 37.3 Å². The summed E-state index contributed by atoms with van der Waals surface area (Å²) >= 11 is 0. The van der Waals surface area contributed by atoms with Gasteiger partial charge in [-0.2, -0.15) is 0 Å². The second-order valence-corrected chi connectivity index (χ2v) is 6.07. The highest BCUT2D eigenvalue weighted by molar-refractivity contribution is 5.76. The first-order valence-electron chi connectivity index (χ1n) is 7.19. The van der Waals surface area contributed by atoms with Gasteiger partial charge in [0.2, 0.25) is 5.91 Å². The second kappa shape index (κ2) is 4.67. The lowest BCUT2D eigenvalue weighted by atomic mass is 10.0. The highest BCUT2D eigenvalue weighted by atomic mass is 16.3. The van der Waals surface area contributed by atoms with Gasteiger partial charge in [-0.25, -0.2) is 0 Å². The number of carbonyl (C=O) groups is 1. The molecular formula is C15H22N2O2. The number of furan rings is 1. The number of amides is 1. The van der Waals surface area contributed by atoms with E-state index in [9.17, 15) is 4.79 Å². The van der Waals surface area contributed by atoms with Crippen molar-refractivity contribution in [3.63, 3.8) is 0 Å². The largest absolute Gasteiger partial charge is 0.464 e. The summed E-state index contributed by atoms with van der Waals surface area (Å²) in [4.78, 5) is 13.7. The summed E-state index contributed by atoms with van der Waals surface area (Å²) in [6, 6.07) is 3.91. The fourth-order valence-corrected chi connectivity index (χ4v) is 3.11. The highest BCUT2D eigenvalue weighted by Crippen LogP contribution is 2.48. The molecule has 0 bridgehead atoms. The van der Waals surface area contributed by atoms with Crippen molar-refractivity contribution in [3.8, 4) is 0 Å². The summed E-state index contributed by atoms with van der Waals surface area (Å²) in [7, 11) is 1.83. The van der Waals surface area contributed by atoms with E-state index in [0.717, 1.165) is 30.3 Å². The van der Waals surface area contributed by atoms with Crippen molar-refractivity contribution < 1.29 is 9.21 Å². The van der Waals surface area contributed by atoms with Crippen LogP contribution in [0.15, 0.2) is 16.5 Å². The van der Waals surface area contributed by atoms with Crippen LogP contribution in [0.2, 0.25) is 0 Å². The lowest BCUT2D eigenvalue weighted by Crippen LogP contribution is -2.39. The van der Waals surface area contributed by atoms with Crippen molar-refractivity contribution in [3.05, 3.63) is 23.7 Å². The molecule has 1 saturated carbocycles. The fraction of sp³-hybridized carbons (Fsp3) is 0.667. The summed E-state index contributed by atoms with van der Waals surface area (Å²) in [5.74, 6) is 3.35. The number of rotatable bonds is 2. The van der Waals surface area contributed by atoms with Crippen LogP contribution in [0.5, 0.6) is 0 Å². The first-order valence-corrected chi connectivity index (χ1v) is 7.19. The number of carbonyl (C=O) groups excluding carboxylic acids is 1. The standard InChI is InChI=1S/C15H22N2O2/c1-9-8-10(9)12-6-7-13(19-12)15-11(16)4-3-5-14(18)17(15)2/h6-7,9-11,15H,3-5,8,16H2,1-2H3. The van der Waals surface area contributed by atoms with Crippen molar-refractivity contribution in [2.24, 2.45) is 11.7 Å². The molecule has 1 saturated heterocycles. The van der Waals surface area contributed by atoms with Gasteiger partial charge < -0.3 is 15.1 Å². The number of nitrogens with zero attached hydrogens (tertiary/aromatic N) is 1. The van der Waals surface area contributed by atoms with E-state index in [4.69, 9.17) is 10.2 Å². The van der Waals surface area contributed by atoms with E-state index in [-0.39, 0.29) is 18.0 Å². The minimum absolute atomic E-state index is 0.0351. The van der Waals surface area contributed by atoms with Gasteiger partial charge in [-0.1, -0.05) is 6.92 Å². The van der Waals surface area contributed by atoms with Crippen molar-refractivity contribution in [2.75, 3.05) is 7.05 Å². The van der Waals surface area contributed by atoms with E-state index < -0.39 is 0 Å². The van der Waals surface area contributed by atoms with Gasteiger partial charge in [-0.3, -0.25) is 4.79 Å². The van der Waals surface area contributed by atoms with Crippen molar-refractivity contribution in [1.82, 2.24) is 4.90 Å². The molecule has 3 rings (SSSR count). The van der Waals surface area contributed by atoms with Crippen LogP contribution in [-0.2, 0) is 4.79 Å². The van der Waals surface area contributed by atoms with Gasteiger partial charge in [0, 0.05) is 25.4 Å². The number of likely N-dealkylation sites (tertiary alicyclic amines) is 1. The van der Waals surface area contributed by atoms with Crippen molar-refractivity contribution in [1.29, 1.82) is 0 Å². The van der Waals surface area contributed by atoms with E-state index in [1.54, 1.807) is 4.90 Å². The molecule has 104 valence electrons. The minimum Gasteiger partial charge on any atom is -0.464 e. The Morgan fingerprint density at radius 3 is 2.74 bits per heavy atom. The van der Waals surface area contributed by atoms with Crippen LogP contribution < -0.4 is 5.73 Å². The third-order valence-electron chi connectivity index (χ3n) is 4.56. The first-order chi connectivity index (χ1) is 9.08. The molecule has 0 spiro atoms. The Morgan fingerprint density at radius 1 is 1.37 bits per heavy atom. The number of hydrogen-bond donors (Lipinski definition) is 1. The Kier molecular flexibility index (Phi) is 3.13. The van der Waals surface area contributed by atoms with E-state index >= 15 is 0 Å². The molecule has 4 nitrogen and oxygen atoms in total. The van der Waals surface area contributed by atoms with Gasteiger partial charge in [-0.15, -0.1) is 0 Å². The maximum Gasteiger partial charge on any atom is 0.222 e. The number of hydrogen-bond acceptors (Lipinski definition) is 3. The van der Waals surface area contributed by atoms with Crippen LogP contribution in [0.25, 0.3) is 0 Å². The zero-order chi connectivity index (χ0) is 13.6. The molecule has 0 radical (unpaired) electrons. The third kappa shape index (κ3) is 2.29. The SMILES string of the molecule is CC1CC1c1ccc(C2C(N)CCCC(=O)N2C)o1. The lowest BCUT2D eigenvalue weighted by Gasteiger charge is -2.28. The molecule has 0 aromatic carbocycles. The molecule has 1 aliphatic carbocycles. The van der Waals surface area contributed by atoms with E-state index in [1.807, 2.05) is 13.1 Å². The Balaban J connectivity index is 1.85. The van der Waals surface area contributed by atoms with Gasteiger partial charge in [0.25, 0.3) is 0 Å². The summed E-state index contributed by atoms with van der Waals surface area (Å²) in [6.45, 7) is 2.24. The molecule has 4 unspecified atom stereocenters. The monoisotopic (exact) mass is 262 g/mol. The fourth-order valence-electron chi connectivity index (χ4n) is 3.11. The molecule has 1 aromatic rings. The average Bonchev–Trinajstić information content (AvgIpc) is 2.94. The molecule has 1 aliphatic heterocycles. The van der Waals surface area contributed by atoms with E-state index in [1.165, 1.54) is 6.42 Å². The van der Waals surface area contributed by atoms with Gasteiger partial charge in [0.15, 0.2) is 0 Å². The van der Waals surface area contributed by atoms with Gasteiger partial charge >= 0.3 is 0 Å². The van der Waals surface area contributed by atoms with Gasteiger partial charge in [0.1, 0.15) is 17.6 Å². The van der Waals surface area contributed by atoms with E-state index in [0.29, 0.717) is 12.3 Å². The quantitative estimate of drug-likeness (QED) is 0.890. The van der Waals surface area contributed by atoms with Crippen LogP contribution in [0.1, 0.15) is 56.1 Å². The Morgan fingerprint density at radius 2 is 2.05 bits per heavy atom. The molecule has 4 atom stereocenters. The van der Waals surface area contributed by atoms with Crippen LogP contribution in [0.3, 0.4) is 0 Å². The zero-order valence-corrected chi connectivity index (χ0v) is 11.6. The maximum absolute atomic E-state index is 12.0. The maximum atomic E-state index is 12.0. The molecule has 1 aromatic heterocycles. The van der Waals surface area contributed by atoms with Crippen molar-refractivity contribution in [2.45, 2.75) is 50.6 Å². The Labute approximate surface area is 113 Å². The summed E-state index contributed by atoms with van der Waals surface area (Å²) < 4.78 is 5.99. The van der Waals surface area contributed by atoms with Crippen LogP contribution >= 0.6 is 0 Å². The normalized spacial score (nSPS) is 35.3. The average molecular weight is 262 g/mol. The lowest BCUT2D eigenvalue weighted by molar-refractivity contribution is -0.132. The molecular weight excluding hydrogens is 240 g/mol. The number of nitrogens with two attached hydrogens (primary N) is 1. The van der Waals surface area contributed by atoms with Gasteiger partial charge in [0.05, 0.1) is 0 Å². The molecule has 2 aliphatic rings. The summed E-state index contributed by atoms with van der Waals surface area (Å²) in [5.41, 5.74) is 6.24. The summed E-state index contributed by atoms with van der Waals surface area (Å²) in [5, 5.41) is 0. The predicted octanol–water partition coefficient (Wildman–Crippen LogP) is 2.41. The minimum atomic E-state index is -0.113. The predicted molar refractivity (Wildman–Crippen MR) is 72.6 cm³/mol. The van der Waals surface area contributed by atoms with Crippen molar-refractivity contribution >= 4 is 5.91 Å². The van der Waals surface area contributed by atoms with Crippen LogP contribution in [0, 0.1) is 5.92 Å². The molecule has 1 amide bonds. The Bertz CT molecular complexity index is 482. The van der Waals surface area contributed by atoms with E-state index in [2.05, 4.69) is 13.0 Å². The molecule has 2 fully saturated rings. The molecule has 19 heavy (non-hydrogen) atoms. The second-order valence-electron chi connectivity index (χ2n) is 6.07. The van der Waals surface area contributed by atoms with Crippen LogP contribution in [0.4, 0.5) is 0 Å². The summed E-state index contributed by atoms with van der Waals surface area (Å²) in [6.07, 6.45) is 3.54. The number of likely N-dealkylation sites (N-methyl/N-ethyl adjacent to an activating group) is 1.